The van der Waals surface area contributed by atoms with E-state index in [1.165, 1.54) is 8.61 Å². The van der Waals surface area contributed by atoms with Crippen LogP contribution in [0.5, 0.6) is 0 Å². The van der Waals surface area contributed by atoms with Crippen LogP contribution < -0.4 is 5.32 Å². The molecule has 0 radical (unpaired) electrons. The van der Waals surface area contributed by atoms with E-state index in [4.69, 9.17) is 11.6 Å². The Labute approximate surface area is 119 Å². The van der Waals surface area contributed by atoms with E-state index in [0.29, 0.717) is 37.7 Å². The van der Waals surface area contributed by atoms with E-state index in [2.05, 4.69) is 5.32 Å². The molecule has 1 fully saturated rings. The van der Waals surface area contributed by atoms with Crippen LogP contribution in [0.1, 0.15) is 5.56 Å². The minimum Gasteiger partial charge on any atom is -0.314 e. The molecule has 0 aromatic heterocycles. The molecule has 0 unspecified atom stereocenters. The normalized spacial score (nSPS) is 17.8. The van der Waals surface area contributed by atoms with Crippen molar-refractivity contribution in [3.8, 4) is 0 Å². The van der Waals surface area contributed by atoms with Gasteiger partial charge in [-0.15, -0.1) is 0 Å². The highest BCUT2D eigenvalue weighted by Gasteiger charge is 2.27. The summed E-state index contributed by atoms with van der Waals surface area (Å²) in [5, 5.41) is 3.79. The first-order valence-corrected chi connectivity index (χ1v) is 7.94. The van der Waals surface area contributed by atoms with Crippen LogP contribution >= 0.6 is 11.6 Å². The van der Waals surface area contributed by atoms with Gasteiger partial charge in [0.2, 0.25) is 0 Å². The second kappa shape index (κ2) is 6.19. The van der Waals surface area contributed by atoms with Crippen molar-refractivity contribution in [2.24, 2.45) is 0 Å². The number of rotatable bonds is 4. The second-order valence-electron chi connectivity index (χ2n) is 4.54. The molecule has 0 atom stereocenters. The zero-order valence-corrected chi connectivity index (χ0v) is 12.4. The lowest BCUT2D eigenvalue weighted by Gasteiger charge is -2.30. The van der Waals surface area contributed by atoms with Crippen molar-refractivity contribution in [3.63, 3.8) is 0 Å². The SMILES string of the molecule is CN(Cc1ccc(Cl)cc1)S(=O)(=O)N1CCNCC1. The fourth-order valence-corrected chi connectivity index (χ4v) is 3.48. The fraction of sp³-hybridized carbons (Fsp3) is 0.500. The zero-order valence-electron chi connectivity index (χ0n) is 10.8. The number of hydrogen-bond donors (Lipinski definition) is 1. The van der Waals surface area contributed by atoms with Crippen LogP contribution in [-0.4, -0.2) is 50.3 Å². The molecule has 2 rings (SSSR count). The number of benzene rings is 1. The molecule has 1 N–H and O–H groups in total. The molecule has 1 aromatic carbocycles. The minimum absolute atomic E-state index is 0.351. The van der Waals surface area contributed by atoms with Crippen LogP contribution in [0.4, 0.5) is 0 Å². The Kier molecular flexibility index (Phi) is 4.81. The van der Waals surface area contributed by atoms with Gasteiger partial charge < -0.3 is 5.32 Å². The maximum Gasteiger partial charge on any atom is 0.282 e. The summed E-state index contributed by atoms with van der Waals surface area (Å²) in [4.78, 5) is 0. The van der Waals surface area contributed by atoms with Gasteiger partial charge in [0.1, 0.15) is 0 Å². The molecule has 0 saturated carbocycles. The predicted molar refractivity (Wildman–Crippen MR) is 76.3 cm³/mol. The quantitative estimate of drug-likeness (QED) is 0.900. The molecule has 0 aliphatic carbocycles. The lowest BCUT2D eigenvalue weighted by atomic mass is 10.2. The van der Waals surface area contributed by atoms with Gasteiger partial charge in [-0.3, -0.25) is 0 Å². The van der Waals surface area contributed by atoms with Gasteiger partial charge in [-0.1, -0.05) is 23.7 Å². The van der Waals surface area contributed by atoms with Crippen LogP contribution in [0.25, 0.3) is 0 Å². The summed E-state index contributed by atoms with van der Waals surface area (Å²) in [7, 11) is -1.77. The zero-order chi connectivity index (χ0) is 13.9. The van der Waals surface area contributed by atoms with Crippen LogP contribution in [0.3, 0.4) is 0 Å². The van der Waals surface area contributed by atoms with Crippen molar-refractivity contribution >= 4 is 21.8 Å². The summed E-state index contributed by atoms with van der Waals surface area (Å²) in [5.41, 5.74) is 0.922. The summed E-state index contributed by atoms with van der Waals surface area (Å²) < 4.78 is 27.6. The Balaban J connectivity index is 2.05. The average molecular weight is 304 g/mol. The topological polar surface area (TPSA) is 52.7 Å². The molecule has 1 saturated heterocycles. The van der Waals surface area contributed by atoms with Crippen molar-refractivity contribution in [1.82, 2.24) is 13.9 Å². The van der Waals surface area contributed by atoms with Crippen LogP contribution in [0.15, 0.2) is 24.3 Å². The lowest BCUT2D eigenvalue weighted by molar-refractivity contribution is 0.324. The van der Waals surface area contributed by atoms with Gasteiger partial charge in [-0.2, -0.15) is 17.0 Å². The molecule has 0 spiro atoms. The maximum absolute atomic E-state index is 12.4. The van der Waals surface area contributed by atoms with Crippen molar-refractivity contribution in [3.05, 3.63) is 34.9 Å². The van der Waals surface area contributed by atoms with Crippen molar-refractivity contribution < 1.29 is 8.42 Å². The first kappa shape index (κ1) is 14.7. The molecule has 19 heavy (non-hydrogen) atoms. The Morgan fingerprint density at radius 3 is 2.42 bits per heavy atom. The molecule has 1 aromatic rings. The largest absolute Gasteiger partial charge is 0.314 e. The molecule has 0 amide bonds. The summed E-state index contributed by atoms with van der Waals surface area (Å²) >= 11 is 5.81. The van der Waals surface area contributed by atoms with E-state index in [1.807, 2.05) is 12.1 Å². The molecular weight excluding hydrogens is 286 g/mol. The smallest absolute Gasteiger partial charge is 0.282 e. The maximum atomic E-state index is 12.4. The number of nitrogens with one attached hydrogen (secondary N) is 1. The van der Waals surface area contributed by atoms with Gasteiger partial charge in [0.05, 0.1) is 0 Å². The summed E-state index contributed by atoms with van der Waals surface area (Å²) in [6.45, 7) is 2.80. The van der Waals surface area contributed by atoms with Gasteiger partial charge in [0.25, 0.3) is 10.2 Å². The Bertz CT molecular complexity index is 512. The summed E-state index contributed by atoms with van der Waals surface area (Å²) in [6.07, 6.45) is 0. The van der Waals surface area contributed by atoms with Gasteiger partial charge in [-0.25, -0.2) is 0 Å². The highest BCUT2D eigenvalue weighted by molar-refractivity contribution is 7.86. The minimum atomic E-state index is -3.38. The first-order chi connectivity index (χ1) is 9.00. The van der Waals surface area contributed by atoms with Crippen molar-refractivity contribution in [1.29, 1.82) is 0 Å². The van der Waals surface area contributed by atoms with Gasteiger partial charge in [0.15, 0.2) is 0 Å². The first-order valence-electron chi connectivity index (χ1n) is 6.17. The lowest BCUT2D eigenvalue weighted by Crippen LogP contribution is -2.50. The monoisotopic (exact) mass is 303 g/mol. The third-order valence-corrected chi connectivity index (χ3v) is 5.30. The van der Waals surface area contributed by atoms with Gasteiger partial charge in [-0.05, 0) is 17.7 Å². The molecule has 0 bridgehead atoms. The van der Waals surface area contributed by atoms with E-state index in [9.17, 15) is 8.42 Å². The Morgan fingerprint density at radius 2 is 1.84 bits per heavy atom. The van der Waals surface area contributed by atoms with Crippen molar-refractivity contribution in [2.45, 2.75) is 6.54 Å². The molecule has 5 nitrogen and oxygen atoms in total. The van der Waals surface area contributed by atoms with Gasteiger partial charge in [0, 0.05) is 44.8 Å². The Morgan fingerprint density at radius 1 is 1.26 bits per heavy atom. The third-order valence-electron chi connectivity index (χ3n) is 3.11. The number of halogens is 1. The summed E-state index contributed by atoms with van der Waals surface area (Å²) in [6, 6.07) is 7.21. The highest BCUT2D eigenvalue weighted by Crippen LogP contribution is 2.14. The second-order valence-corrected chi connectivity index (χ2v) is 7.01. The van der Waals surface area contributed by atoms with E-state index in [1.54, 1.807) is 19.2 Å². The molecule has 106 valence electrons. The van der Waals surface area contributed by atoms with Gasteiger partial charge >= 0.3 is 0 Å². The molecule has 1 heterocycles. The van der Waals surface area contributed by atoms with E-state index in [0.717, 1.165) is 5.56 Å². The molecular formula is C12H18ClN3O2S. The standard InChI is InChI=1S/C12H18ClN3O2S/c1-15(10-11-2-4-12(13)5-3-11)19(17,18)16-8-6-14-7-9-16/h2-5,14H,6-10H2,1H3. The summed E-state index contributed by atoms with van der Waals surface area (Å²) in [5.74, 6) is 0. The highest BCUT2D eigenvalue weighted by atomic mass is 35.5. The van der Waals surface area contributed by atoms with E-state index < -0.39 is 10.2 Å². The van der Waals surface area contributed by atoms with Crippen molar-refractivity contribution in [2.75, 3.05) is 33.2 Å². The number of hydrogen-bond acceptors (Lipinski definition) is 3. The predicted octanol–water partition coefficient (Wildman–Crippen LogP) is 0.922. The average Bonchev–Trinajstić information content (AvgIpc) is 2.42. The Hall–Kier alpha value is -0.660. The molecule has 1 aliphatic heterocycles. The fourth-order valence-electron chi connectivity index (χ4n) is 2.00. The number of piperazine rings is 1. The van der Waals surface area contributed by atoms with Crippen LogP contribution in [0.2, 0.25) is 5.02 Å². The van der Waals surface area contributed by atoms with E-state index >= 15 is 0 Å². The number of nitrogens with zero attached hydrogens (tertiary/aromatic N) is 2. The molecule has 1 aliphatic rings. The van der Waals surface area contributed by atoms with Crippen LogP contribution in [0, 0.1) is 0 Å². The molecule has 7 heteroatoms. The van der Waals surface area contributed by atoms with E-state index in [-0.39, 0.29) is 0 Å². The van der Waals surface area contributed by atoms with Crippen LogP contribution in [-0.2, 0) is 16.8 Å². The third kappa shape index (κ3) is 3.67.